The lowest BCUT2D eigenvalue weighted by molar-refractivity contribution is -0.0574. The second-order valence-corrected chi connectivity index (χ2v) is 5.03. The molecule has 3 heterocycles. The highest BCUT2D eigenvalue weighted by Crippen LogP contribution is 2.31. The third-order valence-electron chi connectivity index (χ3n) is 3.42. The molecule has 0 aliphatic carbocycles. The Bertz CT molecular complexity index is 647. The Hall–Kier alpha value is -1.88. The van der Waals surface area contributed by atoms with Gasteiger partial charge in [0.2, 0.25) is 0 Å². The van der Waals surface area contributed by atoms with E-state index in [-0.39, 0.29) is 0 Å². The maximum Gasteiger partial charge on any atom is 0.186 e. The van der Waals surface area contributed by atoms with Gasteiger partial charge in [-0.05, 0) is 0 Å². The zero-order valence-corrected chi connectivity index (χ0v) is 11.5. The summed E-state index contributed by atoms with van der Waals surface area (Å²) in [6, 6.07) is 0. The molecule has 0 unspecified atom stereocenters. The molecule has 0 amide bonds. The minimum absolute atomic E-state index is 0.378. The van der Waals surface area contributed by atoms with Crippen molar-refractivity contribution >= 4 is 17.0 Å². The van der Waals surface area contributed by atoms with Gasteiger partial charge in [0.15, 0.2) is 23.2 Å². The molecule has 1 aliphatic heterocycles. The normalized spacial score (nSPS) is 29.2. The Balaban J connectivity index is 2.04. The van der Waals surface area contributed by atoms with E-state index in [9.17, 15) is 10.2 Å². The van der Waals surface area contributed by atoms with Crippen molar-refractivity contribution in [2.75, 3.05) is 25.6 Å². The Kier molecular flexibility index (Phi) is 3.45. The van der Waals surface area contributed by atoms with Crippen LogP contribution in [0.5, 0.6) is 0 Å². The minimum Gasteiger partial charge on any atom is -0.394 e. The second-order valence-electron chi connectivity index (χ2n) is 5.03. The summed E-state index contributed by atoms with van der Waals surface area (Å²) in [7, 11) is 3.63. The summed E-state index contributed by atoms with van der Waals surface area (Å²) < 4.78 is 6.71. The van der Waals surface area contributed by atoms with E-state index in [1.807, 2.05) is 14.1 Å². The van der Waals surface area contributed by atoms with E-state index in [2.05, 4.69) is 20.3 Å². The lowest BCUT2D eigenvalue weighted by atomic mass is 10.1. The van der Waals surface area contributed by atoms with E-state index in [4.69, 9.17) is 9.84 Å². The molecule has 10 heteroatoms. The van der Waals surface area contributed by atoms with Crippen LogP contribution in [0.25, 0.3) is 11.2 Å². The molecule has 3 N–H and O–H groups in total. The van der Waals surface area contributed by atoms with Crippen LogP contribution in [0.1, 0.15) is 6.23 Å². The maximum absolute atomic E-state index is 10.0. The zero-order chi connectivity index (χ0) is 15.1. The number of aromatic nitrogens is 5. The zero-order valence-electron chi connectivity index (χ0n) is 11.5. The van der Waals surface area contributed by atoms with Crippen molar-refractivity contribution in [3.63, 3.8) is 0 Å². The molecule has 0 saturated carbocycles. The van der Waals surface area contributed by atoms with Gasteiger partial charge in [-0.25, -0.2) is 9.97 Å². The molecule has 0 spiro atoms. The smallest absolute Gasteiger partial charge is 0.186 e. The Labute approximate surface area is 119 Å². The molecule has 10 nitrogen and oxygen atoms in total. The van der Waals surface area contributed by atoms with E-state index >= 15 is 0 Å². The van der Waals surface area contributed by atoms with E-state index in [1.165, 1.54) is 11.0 Å². The minimum atomic E-state index is -1.23. The summed E-state index contributed by atoms with van der Waals surface area (Å²) in [6.45, 7) is -0.403. The van der Waals surface area contributed by atoms with E-state index in [0.717, 1.165) is 0 Å². The van der Waals surface area contributed by atoms with Crippen LogP contribution in [0.4, 0.5) is 5.82 Å². The van der Waals surface area contributed by atoms with Crippen LogP contribution in [-0.4, -0.2) is 79.3 Å². The number of ether oxygens (including phenoxy) is 1. The first-order valence-electron chi connectivity index (χ1n) is 6.40. The number of aliphatic hydroxyl groups is 3. The van der Waals surface area contributed by atoms with Crippen molar-refractivity contribution in [3.8, 4) is 0 Å². The van der Waals surface area contributed by atoms with Crippen LogP contribution in [0.15, 0.2) is 6.33 Å². The fraction of sp³-hybridized carbons (Fsp3) is 0.636. The summed E-state index contributed by atoms with van der Waals surface area (Å²) in [5.41, 5.74) is 0.837. The molecule has 2 aromatic rings. The molecule has 0 bridgehead atoms. The molecule has 4 atom stereocenters. The van der Waals surface area contributed by atoms with Gasteiger partial charge in [-0.15, -0.1) is 5.10 Å². The first-order chi connectivity index (χ1) is 10.0. The predicted molar refractivity (Wildman–Crippen MR) is 70.5 cm³/mol. The van der Waals surface area contributed by atoms with Crippen LogP contribution in [-0.2, 0) is 4.74 Å². The molecule has 1 saturated heterocycles. The highest BCUT2D eigenvalue weighted by atomic mass is 16.6. The third-order valence-corrected chi connectivity index (χ3v) is 3.42. The van der Waals surface area contributed by atoms with Gasteiger partial charge in [0.25, 0.3) is 0 Å². The average Bonchev–Trinajstić information content (AvgIpc) is 3.01. The van der Waals surface area contributed by atoms with Crippen LogP contribution < -0.4 is 4.90 Å². The Morgan fingerprint density at radius 3 is 2.67 bits per heavy atom. The number of rotatable bonds is 3. The monoisotopic (exact) mass is 296 g/mol. The molecular formula is C11H16N6O4. The molecular weight excluding hydrogens is 280 g/mol. The number of nitrogens with zero attached hydrogens (tertiary/aromatic N) is 6. The summed E-state index contributed by atoms with van der Waals surface area (Å²) in [5.74, 6) is 0.581. The number of aliphatic hydroxyl groups excluding tert-OH is 3. The molecule has 0 aromatic carbocycles. The predicted octanol–water partition coefficient (Wildman–Crippen LogP) is -2.10. The van der Waals surface area contributed by atoms with Crippen LogP contribution in [0, 0.1) is 0 Å². The topological polar surface area (TPSA) is 130 Å². The highest BCUT2D eigenvalue weighted by Gasteiger charge is 2.44. The number of fused-ring (bicyclic) bond motifs is 1. The Morgan fingerprint density at radius 2 is 2.05 bits per heavy atom. The first kappa shape index (κ1) is 14.1. The number of hydrogen-bond acceptors (Lipinski definition) is 9. The van der Waals surface area contributed by atoms with Gasteiger partial charge in [-0.3, -0.25) is 0 Å². The number of hydrogen-bond donors (Lipinski definition) is 3. The van der Waals surface area contributed by atoms with Crippen molar-refractivity contribution < 1.29 is 20.1 Å². The molecule has 1 aliphatic rings. The van der Waals surface area contributed by atoms with Crippen LogP contribution in [0.3, 0.4) is 0 Å². The fourth-order valence-electron chi connectivity index (χ4n) is 2.33. The second kappa shape index (κ2) is 5.15. The van der Waals surface area contributed by atoms with Crippen LogP contribution in [0.2, 0.25) is 0 Å². The summed E-state index contributed by atoms with van der Waals surface area (Å²) in [6.07, 6.45) is -2.91. The third kappa shape index (κ3) is 2.12. The molecule has 21 heavy (non-hydrogen) atoms. The van der Waals surface area contributed by atoms with Crippen molar-refractivity contribution in [2.45, 2.75) is 24.5 Å². The molecule has 3 rings (SSSR count). The van der Waals surface area contributed by atoms with Crippen LogP contribution >= 0.6 is 0 Å². The number of anilines is 1. The maximum atomic E-state index is 10.0. The fourth-order valence-corrected chi connectivity index (χ4v) is 2.33. The quantitative estimate of drug-likeness (QED) is 0.583. The van der Waals surface area contributed by atoms with Gasteiger partial charge in [-0.2, -0.15) is 4.68 Å². The van der Waals surface area contributed by atoms with Crippen molar-refractivity contribution in [3.05, 3.63) is 6.33 Å². The summed E-state index contributed by atoms with van der Waals surface area (Å²) >= 11 is 0. The average molecular weight is 296 g/mol. The SMILES string of the molecule is CN(C)c1ncnc2c1nnn2[C@@H]1O[C@H](CO)[C@@H](O)[C@H]1O. The standard InChI is InChI=1S/C11H16N6O4/c1-16(2)9-6-10(13-4-12-9)17(15-14-6)11-8(20)7(19)5(3-18)21-11/h4-5,7-8,11,18-20H,3H2,1-2H3/t5-,7-,8-,11-/m1/s1. The largest absolute Gasteiger partial charge is 0.394 e. The molecule has 2 aromatic heterocycles. The molecule has 114 valence electrons. The Morgan fingerprint density at radius 1 is 1.29 bits per heavy atom. The van der Waals surface area contributed by atoms with Gasteiger partial charge >= 0.3 is 0 Å². The van der Waals surface area contributed by atoms with Crippen molar-refractivity contribution in [2.24, 2.45) is 0 Å². The summed E-state index contributed by atoms with van der Waals surface area (Å²) in [5, 5.41) is 36.9. The van der Waals surface area contributed by atoms with Crippen molar-refractivity contribution in [1.82, 2.24) is 25.0 Å². The molecule has 0 radical (unpaired) electrons. The summed E-state index contributed by atoms with van der Waals surface area (Å²) in [4.78, 5) is 9.99. The first-order valence-corrected chi connectivity index (χ1v) is 6.40. The van der Waals surface area contributed by atoms with E-state index < -0.39 is 31.1 Å². The van der Waals surface area contributed by atoms with Crippen molar-refractivity contribution in [1.29, 1.82) is 0 Å². The van der Waals surface area contributed by atoms with Gasteiger partial charge in [0, 0.05) is 14.1 Å². The molecule has 1 fully saturated rings. The highest BCUT2D eigenvalue weighted by molar-refractivity contribution is 5.82. The van der Waals surface area contributed by atoms with Gasteiger partial charge in [0.05, 0.1) is 6.61 Å². The van der Waals surface area contributed by atoms with Gasteiger partial charge in [0.1, 0.15) is 24.6 Å². The van der Waals surface area contributed by atoms with E-state index in [0.29, 0.717) is 17.0 Å². The van der Waals surface area contributed by atoms with Gasteiger partial charge in [-0.1, -0.05) is 5.21 Å². The van der Waals surface area contributed by atoms with E-state index in [1.54, 1.807) is 4.90 Å². The lowest BCUT2D eigenvalue weighted by Crippen LogP contribution is -2.33. The van der Waals surface area contributed by atoms with Gasteiger partial charge < -0.3 is 25.0 Å². The lowest BCUT2D eigenvalue weighted by Gasteiger charge is -2.15.